The predicted molar refractivity (Wildman–Crippen MR) is 145 cm³/mol. The number of carboxylic acids is 1. The second-order valence-corrected chi connectivity index (χ2v) is 14.3. The molecule has 0 spiro atoms. The minimum Gasteiger partial charge on any atom is -0.550 e. The number of carbonyl (C=O) groups excluding carboxylic acids is 3. The van der Waals surface area contributed by atoms with Crippen molar-refractivity contribution in [1.29, 1.82) is 0 Å². The number of primary amides is 1. The average Bonchev–Trinajstić information content (AvgIpc) is 3.18. The molecule has 2 amide bonds. The Kier molecular flexibility index (Phi) is 12.7. The van der Waals surface area contributed by atoms with Gasteiger partial charge in [-0.05, 0) is 64.7 Å². The SMILES string of the molecule is CCC(CC(C(=O)[O-])C1CCCC1CC(CC(C)C[N+](C)(C)CC)C(=O)NC(C)(C)CS(=O)(=O)O)C(N)=O. The Labute approximate surface area is 229 Å². The lowest BCUT2D eigenvalue weighted by Crippen LogP contribution is -2.51. The third-order valence-electron chi connectivity index (χ3n) is 8.28. The van der Waals surface area contributed by atoms with Crippen LogP contribution < -0.4 is 16.2 Å². The lowest BCUT2D eigenvalue weighted by molar-refractivity contribution is -0.891. The number of amides is 2. The van der Waals surface area contributed by atoms with Crippen LogP contribution in [0.25, 0.3) is 0 Å². The number of nitrogens with two attached hydrogens (primary N) is 1. The van der Waals surface area contributed by atoms with Gasteiger partial charge in [0.2, 0.25) is 11.8 Å². The third-order valence-corrected chi connectivity index (χ3v) is 9.37. The molecule has 0 aromatic rings. The van der Waals surface area contributed by atoms with Crippen molar-refractivity contribution in [2.24, 2.45) is 41.2 Å². The number of quaternary nitrogens is 1. The van der Waals surface area contributed by atoms with Crippen LogP contribution in [0.3, 0.4) is 0 Å². The fourth-order valence-corrected chi connectivity index (χ4v) is 7.24. The minimum absolute atomic E-state index is 0.0513. The summed E-state index contributed by atoms with van der Waals surface area (Å²) in [5, 5.41) is 15.0. The molecule has 0 aromatic carbocycles. The average molecular weight is 562 g/mol. The normalized spacial score (nSPS) is 21.9. The maximum Gasteiger partial charge on any atom is 0.267 e. The number of rotatable bonds is 17. The van der Waals surface area contributed by atoms with E-state index in [2.05, 4.69) is 33.3 Å². The fourth-order valence-electron chi connectivity index (χ4n) is 6.26. The molecule has 4 N–H and O–H groups in total. The Morgan fingerprint density at radius 3 is 2.21 bits per heavy atom. The van der Waals surface area contributed by atoms with Gasteiger partial charge < -0.3 is 25.4 Å². The highest BCUT2D eigenvalue weighted by Gasteiger charge is 2.40. The van der Waals surface area contributed by atoms with Crippen LogP contribution >= 0.6 is 0 Å². The molecule has 0 radical (unpaired) electrons. The minimum atomic E-state index is -4.30. The van der Waals surface area contributed by atoms with E-state index in [-0.39, 0.29) is 30.1 Å². The van der Waals surface area contributed by atoms with Crippen LogP contribution in [0.5, 0.6) is 0 Å². The number of nitrogens with zero attached hydrogens (tertiary/aromatic N) is 1. The first-order valence-corrected chi connectivity index (χ1v) is 15.5. The van der Waals surface area contributed by atoms with E-state index in [9.17, 15) is 32.5 Å². The van der Waals surface area contributed by atoms with Gasteiger partial charge in [-0.2, -0.15) is 8.42 Å². The summed E-state index contributed by atoms with van der Waals surface area (Å²) in [6.45, 7) is 10.9. The summed E-state index contributed by atoms with van der Waals surface area (Å²) < 4.78 is 33.1. The molecule has 222 valence electrons. The smallest absolute Gasteiger partial charge is 0.267 e. The topological polar surface area (TPSA) is 167 Å². The van der Waals surface area contributed by atoms with Crippen LogP contribution in [0.2, 0.25) is 0 Å². The molecule has 38 heavy (non-hydrogen) atoms. The zero-order valence-electron chi connectivity index (χ0n) is 24.4. The molecular formula is C27H51N3O7S. The van der Waals surface area contributed by atoms with Gasteiger partial charge in [-0.3, -0.25) is 14.1 Å². The number of aliphatic carboxylic acids is 1. The summed E-state index contributed by atoms with van der Waals surface area (Å²) in [5.41, 5.74) is 4.32. The van der Waals surface area contributed by atoms with E-state index in [1.807, 2.05) is 0 Å². The second kappa shape index (κ2) is 14.1. The molecule has 1 aliphatic rings. The summed E-state index contributed by atoms with van der Waals surface area (Å²) in [7, 11) is -0.0516. The quantitative estimate of drug-likeness (QED) is 0.179. The molecule has 1 rings (SSSR count). The molecule has 0 heterocycles. The number of carbonyl (C=O) groups is 3. The zero-order valence-corrected chi connectivity index (χ0v) is 25.2. The Morgan fingerprint density at radius 1 is 1.13 bits per heavy atom. The van der Waals surface area contributed by atoms with Crippen molar-refractivity contribution in [2.45, 2.75) is 85.1 Å². The number of hydrogen-bond acceptors (Lipinski definition) is 6. The number of nitrogens with one attached hydrogen (secondary N) is 1. The first-order valence-electron chi connectivity index (χ1n) is 13.9. The van der Waals surface area contributed by atoms with Crippen LogP contribution in [-0.2, 0) is 24.5 Å². The maximum atomic E-state index is 13.5. The summed E-state index contributed by atoms with van der Waals surface area (Å²) in [6, 6.07) is 0. The molecule has 0 aliphatic heterocycles. The van der Waals surface area contributed by atoms with Gasteiger partial charge in [0.15, 0.2) is 0 Å². The molecule has 10 nitrogen and oxygen atoms in total. The molecule has 0 bridgehead atoms. The van der Waals surface area contributed by atoms with Crippen molar-refractivity contribution in [3.8, 4) is 0 Å². The highest BCUT2D eigenvalue weighted by molar-refractivity contribution is 7.85. The van der Waals surface area contributed by atoms with Crippen LogP contribution in [0.15, 0.2) is 0 Å². The van der Waals surface area contributed by atoms with Gasteiger partial charge in [-0.1, -0.05) is 26.7 Å². The maximum absolute atomic E-state index is 13.5. The molecule has 1 aliphatic carbocycles. The van der Waals surface area contributed by atoms with E-state index in [0.717, 1.165) is 30.4 Å². The lowest BCUT2D eigenvalue weighted by Gasteiger charge is -2.36. The van der Waals surface area contributed by atoms with Gasteiger partial charge in [-0.15, -0.1) is 0 Å². The van der Waals surface area contributed by atoms with Gasteiger partial charge in [0.25, 0.3) is 10.1 Å². The van der Waals surface area contributed by atoms with Crippen LogP contribution in [0, 0.1) is 35.5 Å². The van der Waals surface area contributed by atoms with Crippen molar-refractivity contribution in [3.63, 3.8) is 0 Å². The lowest BCUT2D eigenvalue weighted by atomic mass is 9.74. The van der Waals surface area contributed by atoms with Crippen LogP contribution in [-0.4, -0.2) is 73.7 Å². The number of hydrogen-bond donors (Lipinski definition) is 3. The van der Waals surface area contributed by atoms with E-state index in [1.54, 1.807) is 20.8 Å². The molecule has 0 saturated heterocycles. The van der Waals surface area contributed by atoms with Gasteiger partial charge in [0.1, 0.15) is 0 Å². The van der Waals surface area contributed by atoms with Crippen molar-refractivity contribution >= 4 is 27.9 Å². The Morgan fingerprint density at radius 2 is 1.74 bits per heavy atom. The van der Waals surface area contributed by atoms with E-state index in [4.69, 9.17) is 5.73 Å². The third kappa shape index (κ3) is 11.6. The fraction of sp³-hybridized carbons (Fsp3) is 0.889. The molecule has 6 unspecified atom stereocenters. The predicted octanol–water partition coefficient (Wildman–Crippen LogP) is 1.58. The van der Waals surface area contributed by atoms with Gasteiger partial charge in [0, 0.05) is 29.6 Å². The molecule has 1 fully saturated rings. The van der Waals surface area contributed by atoms with Crippen molar-refractivity contribution in [3.05, 3.63) is 0 Å². The van der Waals surface area contributed by atoms with Gasteiger partial charge in [-0.25, -0.2) is 0 Å². The van der Waals surface area contributed by atoms with Crippen molar-refractivity contribution < 1.29 is 36.9 Å². The monoisotopic (exact) mass is 561 g/mol. The summed E-state index contributed by atoms with van der Waals surface area (Å²) >= 11 is 0. The Balaban J connectivity index is 3.21. The van der Waals surface area contributed by atoms with Crippen LogP contribution in [0.1, 0.15) is 79.6 Å². The first kappa shape index (κ1) is 34.3. The highest BCUT2D eigenvalue weighted by atomic mass is 32.2. The summed E-state index contributed by atoms with van der Waals surface area (Å²) in [5.74, 6) is -4.55. The van der Waals surface area contributed by atoms with E-state index in [1.165, 1.54) is 0 Å². The summed E-state index contributed by atoms with van der Waals surface area (Å²) in [4.78, 5) is 37.6. The first-order chi connectivity index (χ1) is 17.3. The van der Waals surface area contributed by atoms with Crippen molar-refractivity contribution in [1.82, 2.24) is 5.32 Å². The Bertz CT molecular complexity index is 920. The summed E-state index contributed by atoms with van der Waals surface area (Å²) in [6.07, 6.45) is 3.87. The zero-order chi connectivity index (χ0) is 29.5. The molecule has 1 saturated carbocycles. The highest BCUT2D eigenvalue weighted by Crippen LogP contribution is 2.43. The van der Waals surface area contributed by atoms with E-state index in [0.29, 0.717) is 25.7 Å². The molecule has 6 atom stereocenters. The second-order valence-electron chi connectivity index (χ2n) is 12.8. The number of carboxylic acid groups (broad SMARTS) is 1. The molecular weight excluding hydrogens is 510 g/mol. The molecule has 0 aromatic heterocycles. The van der Waals surface area contributed by atoms with E-state index < -0.39 is 51.0 Å². The van der Waals surface area contributed by atoms with Crippen molar-refractivity contribution in [2.75, 3.05) is 32.9 Å². The largest absolute Gasteiger partial charge is 0.550 e. The molecule has 11 heteroatoms. The van der Waals surface area contributed by atoms with E-state index >= 15 is 0 Å². The standard InChI is InChI=1S/C27H51N3O7S/c1-8-19(24(28)31)15-23(26(33)34)22-12-10-11-20(22)14-21(13-18(3)16-30(6,7)9-2)25(32)29-27(4,5)17-38(35,36)37/h18-23H,8-17H2,1-7H3,(H4-,28,29,31,32,33,34,35,36,37). The van der Waals surface area contributed by atoms with Crippen LogP contribution in [0.4, 0.5) is 0 Å². The van der Waals surface area contributed by atoms with Gasteiger partial charge >= 0.3 is 0 Å². The Hall–Kier alpha value is -1.72. The van der Waals surface area contributed by atoms with Gasteiger partial charge in [0.05, 0.1) is 38.5 Å².